The van der Waals surface area contributed by atoms with E-state index in [0.29, 0.717) is 42.1 Å². The van der Waals surface area contributed by atoms with Crippen molar-refractivity contribution in [1.82, 2.24) is 0 Å². The van der Waals surface area contributed by atoms with Gasteiger partial charge in [0.25, 0.3) is 0 Å². The third kappa shape index (κ3) is 44.3. The van der Waals surface area contributed by atoms with E-state index >= 15 is 0 Å². The van der Waals surface area contributed by atoms with Crippen LogP contribution < -0.4 is 14.2 Å². The Labute approximate surface area is 486 Å². The largest absolute Gasteiger partial charge is 0.427 e. The number of esters is 3. The predicted molar refractivity (Wildman–Crippen MR) is 344 cm³/mol. The van der Waals surface area contributed by atoms with E-state index in [4.69, 9.17) is 14.2 Å². The standard InChI is InChI=1S/C74H102O6/c1-4-7-10-13-16-19-22-25-28-31-34-37-40-43-46-49-52-55-72(75)78-69-62-60-67(61-63-69)58-59-68-64-70(79-73(76)56-53-50-47-44-41-38-35-32-29-26-23-20-17-14-11-8-5-2)66-71(65-68)80-74(77)57-54-51-48-45-42-39-36-33-30-27-24-21-18-15-12-9-6-3/h16-21,25-30,34-39,43-48,58-66H,4-15,22-24,31-33,40-42,49-57H2,1-3H3. The van der Waals surface area contributed by atoms with Gasteiger partial charge in [0.2, 0.25) is 0 Å². The van der Waals surface area contributed by atoms with Gasteiger partial charge in [0, 0.05) is 25.3 Å². The van der Waals surface area contributed by atoms with Crippen LogP contribution in [0.3, 0.4) is 0 Å². The van der Waals surface area contributed by atoms with Crippen molar-refractivity contribution in [2.24, 2.45) is 0 Å². The summed E-state index contributed by atoms with van der Waals surface area (Å²) in [5.41, 5.74) is 1.57. The average molecular weight is 1090 g/mol. The molecule has 0 heterocycles. The molecule has 0 radical (unpaired) electrons. The number of rotatable bonds is 47. The molecule has 2 aromatic carbocycles. The van der Waals surface area contributed by atoms with Gasteiger partial charge in [0.15, 0.2) is 0 Å². The second-order valence-corrected chi connectivity index (χ2v) is 20.0. The molecule has 434 valence electrons. The first-order valence-electron chi connectivity index (χ1n) is 30.8. The molecular weight excluding hydrogens is 985 g/mol. The van der Waals surface area contributed by atoms with E-state index in [0.717, 1.165) is 89.0 Å². The van der Waals surface area contributed by atoms with E-state index in [9.17, 15) is 14.4 Å². The lowest BCUT2D eigenvalue weighted by Gasteiger charge is -2.10. The van der Waals surface area contributed by atoms with Crippen molar-refractivity contribution in [2.75, 3.05) is 0 Å². The van der Waals surface area contributed by atoms with Gasteiger partial charge in [-0.15, -0.1) is 0 Å². The Hall–Kier alpha value is -6.53. The molecule has 0 bridgehead atoms. The zero-order valence-corrected chi connectivity index (χ0v) is 49.7. The summed E-state index contributed by atoms with van der Waals surface area (Å²) in [4.78, 5) is 38.7. The minimum absolute atomic E-state index is 0.257. The lowest BCUT2D eigenvalue weighted by atomic mass is 10.1. The first kappa shape index (κ1) is 69.6. The van der Waals surface area contributed by atoms with Gasteiger partial charge in [-0.25, -0.2) is 0 Å². The minimum Gasteiger partial charge on any atom is -0.427 e. The second kappa shape index (κ2) is 53.1. The fourth-order valence-corrected chi connectivity index (χ4v) is 7.97. The van der Waals surface area contributed by atoms with Crippen molar-refractivity contribution < 1.29 is 28.6 Å². The van der Waals surface area contributed by atoms with Crippen molar-refractivity contribution in [3.05, 3.63) is 199 Å². The highest BCUT2D eigenvalue weighted by atomic mass is 16.5. The molecule has 2 rings (SSSR count). The number of hydrogen-bond donors (Lipinski definition) is 0. The van der Waals surface area contributed by atoms with E-state index in [1.807, 2.05) is 24.3 Å². The van der Waals surface area contributed by atoms with Crippen LogP contribution in [-0.4, -0.2) is 17.9 Å². The Morgan fingerprint density at radius 1 is 0.287 bits per heavy atom. The molecule has 6 nitrogen and oxygen atoms in total. The maximum atomic E-state index is 13.0. The van der Waals surface area contributed by atoms with Gasteiger partial charge in [-0.05, 0) is 170 Å². The van der Waals surface area contributed by atoms with Gasteiger partial charge in [-0.3, -0.25) is 14.4 Å². The quantitative estimate of drug-likeness (QED) is 0.0216. The zero-order chi connectivity index (χ0) is 57.3. The summed E-state index contributed by atoms with van der Waals surface area (Å²) >= 11 is 0. The van der Waals surface area contributed by atoms with E-state index < -0.39 is 0 Å². The molecule has 6 heteroatoms. The average Bonchev–Trinajstić information content (AvgIpc) is 3.45. The third-order valence-electron chi connectivity index (χ3n) is 12.6. The van der Waals surface area contributed by atoms with Crippen LogP contribution in [0.1, 0.15) is 225 Å². The molecule has 80 heavy (non-hydrogen) atoms. The van der Waals surface area contributed by atoms with Gasteiger partial charge < -0.3 is 14.2 Å². The molecule has 2 aromatic rings. The van der Waals surface area contributed by atoms with Crippen molar-refractivity contribution in [2.45, 2.75) is 213 Å². The molecule has 0 N–H and O–H groups in total. The van der Waals surface area contributed by atoms with Crippen molar-refractivity contribution in [3.8, 4) is 17.2 Å². The SMILES string of the molecule is CCCCCC=CCC=CCC=CCC=CCCCC(=O)Oc1ccc(C=Cc2cc(OC(=O)CCCC=CCC=CCC=CCC=CCCCCC)cc(OC(=O)CCCC=CCC=CCC=CCC=CCCCCC)c2)cc1. The van der Waals surface area contributed by atoms with Crippen molar-refractivity contribution in [1.29, 1.82) is 0 Å². The van der Waals surface area contributed by atoms with Crippen LogP contribution in [0.25, 0.3) is 12.2 Å². The molecule has 0 unspecified atom stereocenters. The molecule has 0 saturated carbocycles. The van der Waals surface area contributed by atoms with Crippen LogP contribution >= 0.6 is 0 Å². The minimum atomic E-state index is -0.348. The summed E-state index contributed by atoms with van der Waals surface area (Å²) in [5.74, 6) is 0.146. The van der Waals surface area contributed by atoms with Gasteiger partial charge in [-0.2, -0.15) is 0 Å². The highest BCUT2D eigenvalue weighted by Gasteiger charge is 2.11. The monoisotopic (exact) mass is 1090 g/mol. The summed E-state index contributed by atoms with van der Waals surface area (Å²) < 4.78 is 17.2. The predicted octanol–water partition coefficient (Wildman–Crippen LogP) is 22.0. The molecule has 0 aliphatic carbocycles. The Bertz CT molecular complexity index is 2210. The lowest BCUT2D eigenvalue weighted by molar-refractivity contribution is -0.135. The maximum absolute atomic E-state index is 13.0. The highest BCUT2D eigenvalue weighted by molar-refractivity contribution is 5.77. The second-order valence-electron chi connectivity index (χ2n) is 20.0. The first-order chi connectivity index (χ1) is 39.4. The summed E-state index contributed by atoms with van der Waals surface area (Å²) in [6.07, 6.45) is 85.1. The van der Waals surface area contributed by atoms with Crippen molar-refractivity contribution in [3.63, 3.8) is 0 Å². The van der Waals surface area contributed by atoms with Crippen LogP contribution in [-0.2, 0) is 14.4 Å². The topological polar surface area (TPSA) is 78.9 Å². The van der Waals surface area contributed by atoms with Crippen molar-refractivity contribution >= 4 is 30.1 Å². The molecule has 0 aromatic heterocycles. The molecular formula is C74H102O6. The number of ether oxygens (including phenoxy) is 3. The van der Waals surface area contributed by atoms with E-state index in [1.54, 1.807) is 30.3 Å². The molecule has 0 saturated heterocycles. The number of carbonyl (C=O) groups excluding carboxylic acids is 3. The Morgan fingerprint density at radius 2 is 0.537 bits per heavy atom. The number of allylic oxidation sites excluding steroid dienone is 24. The summed E-state index contributed by atoms with van der Waals surface area (Å²) in [5, 5.41) is 0. The van der Waals surface area contributed by atoms with Crippen LogP contribution in [0.4, 0.5) is 0 Å². The van der Waals surface area contributed by atoms with Gasteiger partial charge in [-0.1, -0.05) is 229 Å². The van der Waals surface area contributed by atoms with Crippen LogP contribution in [0, 0.1) is 0 Å². The van der Waals surface area contributed by atoms with Crippen LogP contribution in [0.5, 0.6) is 17.2 Å². The molecule has 0 spiro atoms. The molecule has 0 amide bonds. The molecule has 0 atom stereocenters. The summed E-state index contributed by atoms with van der Waals surface area (Å²) in [6, 6.07) is 12.4. The number of carbonyl (C=O) groups is 3. The molecule has 0 fully saturated rings. The fraction of sp³-hybridized carbons (Fsp3) is 0.446. The van der Waals surface area contributed by atoms with Gasteiger partial charge in [0.1, 0.15) is 17.2 Å². The van der Waals surface area contributed by atoms with Crippen LogP contribution in [0.2, 0.25) is 0 Å². The number of benzene rings is 2. The van der Waals surface area contributed by atoms with Gasteiger partial charge >= 0.3 is 17.9 Å². The fourth-order valence-electron chi connectivity index (χ4n) is 7.97. The normalized spacial score (nSPS) is 12.7. The van der Waals surface area contributed by atoms with Crippen LogP contribution in [0.15, 0.2) is 188 Å². The summed E-state index contributed by atoms with van der Waals surface area (Å²) in [7, 11) is 0. The smallest absolute Gasteiger partial charge is 0.311 e. The van der Waals surface area contributed by atoms with E-state index in [-0.39, 0.29) is 30.7 Å². The molecule has 0 aliphatic rings. The van der Waals surface area contributed by atoms with E-state index in [2.05, 4.69) is 167 Å². The maximum Gasteiger partial charge on any atom is 0.311 e. The zero-order valence-electron chi connectivity index (χ0n) is 49.7. The van der Waals surface area contributed by atoms with E-state index in [1.165, 1.54) is 77.0 Å². The Kier molecular flexibility index (Phi) is 46.2. The summed E-state index contributed by atoms with van der Waals surface area (Å²) in [6.45, 7) is 6.70. The number of unbranched alkanes of at least 4 members (excludes halogenated alkanes) is 12. The third-order valence-corrected chi connectivity index (χ3v) is 12.6. The van der Waals surface area contributed by atoms with Gasteiger partial charge in [0.05, 0.1) is 0 Å². The number of hydrogen-bond acceptors (Lipinski definition) is 6. The lowest BCUT2D eigenvalue weighted by Crippen LogP contribution is -2.09. The highest BCUT2D eigenvalue weighted by Crippen LogP contribution is 2.26. The molecule has 0 aliphatic heterocycles. The first-order valence-corrected chi connectivity index (χ1v) is 30.8. The Morgan fingerprint density at radius 3 is 0.825 bits per heavy atom. The Balaban J connectivity index is 1.88.